The maximum atomic E-state index is 13.1. The van der Waals surface area contributed by atoms with Gasteiger partial charge in [0, 0.05) is 24.2 Å². The maximum Gasteiger partial charge on any atom is 0.262 e. The van der Waals surface area contributed by atoms with E-state index >= 15 is 0 Å². The fourth-order valence-electron chi connectivity index (χ4n) is 3.08. The Kier molecular flexibility index (Phi) is 7.50. The lowest BCUT2D eigenvalue weighted by Crippen LogP contribution is -2.45. The lowest BCUT2D eigenvalue weighted by atomic mass is 10.0. The van der Waals surface area contributed by atoms with E-state index in [0.29, 0.717) is 34.2 Å². The van der Waals surface area contributed by atoms with Crippen molar-refractivity contribution >= 4 is 28.8 Å². The molecule has 2 amide bonds. The molecule has 2 N–H and O–H groups in total. The van der Waals surface area contributed by atoms with Crippen LogP contribution in [-0.2, 0) is 11.2 Å². The zero-order valence-corrected chi connectivity index (χ0v) is 18.3. The summed E-state index contributed by atoms with van der Waals surface area (Å²) >= 11 is 1.32. The van der Waals surface area contributed by atoms with Crippen molar-refractivity contribution in [3.8, 4) is 17.2 Å². The predicted molar refractivity (Wildman–Crippen MR) is 120 cm³/mol. The zero-order valence-electron chi connectivity index (χ0n) is 17.5. The summed E-state index contributed by atoms with van der Waals surface area (Å²) in [4.78, 5) is 26.3. The van der Waals surface area contributed by atoms with Gasteiger partial charge in [0.1, 0.15) is 6.04 Å². The number of carbonyl (C=O) groups is 2. The molecule has 1 heterocycles. The third-order valence-electron chi connectivity index (χ3n) is 4.58. The lowest BCUT2D eigenvalue weighted by Gasteiger charge is -2.20. The Balaban J connectivity index is 1.84. The number of hydrogen-bond acceptors (Lipinski definition) is 6. The molecule has 2 aromatic carbocycles. The molecule has 1 aromatic heterocycles. The summed E-state index contributed by atoms with van der Waals surface area (Å²) in [6.07, 6.45) is 0.341. The van der Waals surface area contributed by atoms with Crippen LogP contribution >= 0.6 is 11.3 Å². The van der Waals surface area contributed by atoms with Crippen molar-refractivity contribution in [3.05, 3.63) is 70.4 Å². The van der Waals surface area contributed by atoms with Gasteiger partial charge in [0.05, 0.1) is 26.2 Å². The van der Waals surface area contributed by atoms with Crippen LogP contribution in [0.25, 0.3) is 0 Å². The third kappa shape index (κ3) is 5.55. The van der Waals surface area contributed by atoms with E-state index in [1.54, 1.807) is 24.3 Å². The Morgan fingerprint density at radius 2 is 1.61 bits per heavy atom. The first-order valence-corrected chi connectivity index (χ1v) is 10.4. The van der Waals surface area contributed by atoms with E-state index in [1.165, 1.54) is 32.7 Å². The molecule has 0 spiro atoms. The molecule has 0 unspecified atom stereocenters. The first kappa shape index (κ1) is 22.2. The summed E-state index contributed by atoms with van der Waals surface area (Å²) in [5.74, 6) is 0.604. The monoisotopic (exact) mass is 440 g/mol. The van der Waals surface area contributed by atoms with Crippen LogP contribution in [0.5, 0.6) is 17.2 Å². The summed E-state index contributed by atoms with van der Waals surface area (Å²) in [7, 11) is 4.51. The highest BCUT2D eigenvalue weighted by Gasteiger charge is 2.24. The smallest absolute Gasteiger partial charge is 0.262 e. The Hall–Kier alpha value is -3.52. The highest BCUT2D eigenvalue weighted by Crippen LogP contribution is 2.39. The number of carbonyl (C=O) groups excluding carboxylic acids is 2. The van der Waals surface area contributed by atoms with Crippen LogP contribution in [0, 0.1) is 0 Å². The molecule has 0 radical (unpaired) electrons. The molecule has 1 atom stereocenters. The Labute approximate surface area is 185 Å². The van der Waals surface area contributed by atoms with Gasteiger partial charge >= 0.3 is 0 Å². The van der Waals surface area contributed by atoms with Crippen LogP contribution < -0.4 is 24.8 Å². The number of nitrogens with one attached hydrogen (secondary N) is 2. The van der Waals surface area contributed by atoms with Gasteiger partial charge in [0.25, 0.3) is 5.91 Å². The zero-order chi connectivity index (χ0) is 22.2. The SMILES string of the molecule is COc1cc(NC(=O)[C@H](Cc2ccccc2)NC(=O)c2cccs2)cc(OC)c1OC. The largest absolute Gasteiger partial charge is 0.493 e. The third-order valence-corrected chi connectivity index (χ3v) is 5.45. The van der Waals surface area contributed by atoms with Crippen LogP contribution in [0.2, 0.25) is 0 Å². The van der Waals surface area contributed by atoms with E-state index in [1.807, 2.05) is 35.7 Å². The highest BCUT2D eigenvalue weighted by atomic mass is 32.1. The number of benzene rings is 2. The van der Waals surface area contributed by atoms with Gasteiger partial charge in [-0.15, -0.1) is 11.3 Å². The summed E-state index contributed by atoms with van der Waals surface area (Å²) in [5.41, 5.74) is 1.39. The summed E-state index contributed by atoms with van der Waals surface area (Å²) < 4.78 is 16.0. The van der Waals surface area contributed by atoms with Crippen LogP contribution in [-0.4, -0.2) is 39.2 Å². The molecule has 162 valence electrons. The van der Waals surface area contributed by atoms with Crippen LogP contribution in [0.15, 0.2) is 60.0 Å². The molecule has 0 fully saturated rings. The highest BCUT2D eigenvalue weighted by molar-refractivity contribution is 7.12. The summed E-state index contributed by atoms with van der Waals surface area (Å²) in [5, 5.41) is 7.50. The molecule has 0 saturated heterocycles. The number of rotatable bonds is 9. The van der Waals surface area contributed by atoms with Crippen molar-refractivity contribution in [2.75, 3.05) is 26.6 Å². The Bertz CT molecular complexity index is 997. The van der Waals surface area contributed by atoms with Gasteiger partial charge in [-0.1, -0.05) is 36.4 Å². The standard InChI is InChI=1S/C23H24N2O5S/c1-28-18-13-16(14-19(29-2)21(18)30-3)24-22(26)17(12-15-8-5-4-6-9-15)25-23(27)20-10-7-11-31-20/h4-11,13-14,17H,12H2,1-3H3,(H,24,26)(H,25,27)/t17-/m0/s1. The van der Waals surface area contributed by atoms with Gasteiger partial charge in [-0.3, -0.25) is 9.59 Å². The second-order valence-corrected chi connectivity index (χ2v) is 7.54. The minimum Gasteiger partial charge on any atom is -0.493 e. The second-order valence-electron chi connectivity index (χ2n) is 6.60. The summed E-state index contributed by atoms with van der Waals surface area (Å²) in [6.45, 7) is 0. The molecule has 0 aliphatic rings. The van der Waals surface area contributed by atoms with Crippen molar-refractivity contribution in [1.29, 1.82) is 0 Å². The molecule has 31 heavy (non-hydrogen) atoms. The van der Waals surface area contributed by atoms with Gasteiger partial charge in [0.2, 0.25) is 11.7 Å². The predicted octanol–water partition coefficient (Wildman–Crippen LogP) is 3.75. The maximum absolute atomic E-state index is 13.1. The van der Waals surface area contributed by atoms with Crippen LogP contribution in [0.1, 0.15) is 15.2 Å². The molecule has 7 nitrogen and oxygen atoms in total. The van der Waals surface area contributed by atoms with Crippen molar-refractivity contribution in [2.45, 2.75) is 12.5 Å². The van der Waals surface area contributed by atoms with E-state index in [-0.39, 0.29) is 11.8 Å². The van der Waals surface area contributed by atoms with E-state index in [9.17, 15) is 9.59 Å². The van der Waals surface area contributed by atoms with Gasteiger partial charge in [-0.25, -0.2) is 0 Å². The molecule has 3 rings (SSSR count). The molecule has 3 aromatic rings. The number of thiophene rings is 1. The number of methoxy groups -OCH3 is 3. The first-order valence-electron chi connectivity index (χ1n) is 9.55. The van der Waals surface area contributed by atoms with Crippen molar-refractivity contribution in [3.63, 3.8) is 0 Å². The quantitative estimate of drug-likeness (QED) is 0.529. The molecular formula is C23H24N2O5S. The number of anilines is 1. The van der Waals surface area contributed by atoms with E-state index in [2.05, 4.69) is 10.6 Å². The fraction of sp³-hybridized carbons (Fsp3) is 0.217. The van der Waals surface area contributed by atoms with Crippen LogP contribution in [0.4, 0.5) is 5.69 Å². The molecular weight excluding hydrogens is 416 g/mol. The minimum absolute atomic E-state index is 0.295. The molecule has 0 bridgehead atoms. The van der Waals surface area contributed by atoms with Gasteiger partial charge in [-0.05, 0) is 17.0 Å². The van der Waals surface area contributed by atoms with E-state index < -0.39 is 6.04 Å². The lowest BCUT2D eigenvalue weighted by molar-refractivity contribution is -0.118. The fourth-order valence-corrected chi connectivity index (χ4v) is 3.71. The Morgan fingerprint density at radius 3 is 2.16 bits per heavy atom. The van der Waals surface area contributed by atoms with E-state index in [0.717, 1.165) is 5.56 Å². The number of ether oxygens (including phenoxy) is 3. The van der Waals surface area contributed by atoms with Crippen molar-refractivity contribution in [1.82, 2.24) is 5.32 Å². The second kappa shape index (κ2) is 10.5. The number of hydrogen-bond donors (Lipinski definition) is 2. The molecule has 8 heteroatoms. The van der Waals surface area contributed by atoms with Crippen molar-refractivity contribution in [2.24, 2.45) is 0 Å². The average molecular weight is 441 g/mol. The topological polar surface area (TPSA) is 85.9 Å². The molecule has 0 aliphatic heterocycles. The molecule has 0 aliphatic carbocycles. The number of amides is 2. The van der Waals surface area contributed by atoms with Gasteiger partial charge in [0.15, 0.2) is 11.5 Å². The normalized spacial score (nSPS) is 11.3. The Morgan fingerprint density at radius 1 is 0.935 bits per heavy atom. The van der Waals surface area contributed by atoms with E-state index in [4.69, 9.17) is 14.2 Å². The van der Waals surface area contributed by atoms with Gasteiger partial charge < -0.3 is 24.8 Å². The van der Waals surface area contributed by atoms with Gasteiger partial charge in [-0.2, -0.15) is 0 Å². The minimum atomic E-state index is -0.781. The first-order chi connectivity index (χ1) is 15.0. The van der Waals surface area contributed by atoms with Crippen LogP contribution in [0.3, 0.4) is 0 Å². The average Bonchev–Trinajstić information content (AvgIpc) is 3.33. The molecule has 0 saturated carbocycles. The summed E-state index contributed by atoms with van der Waals surface area (Å²) in [6, 6.07) is 15.5. The van der Waals surface area contributed by atoms with Crippen molar-refractivity contribution < 1.29 is 23.8 Å².